The Morgan fingerprint density at radius 3 is 2.44 bits per heavy atom. The van der Waals surface area contributed by atoms with Crippen LogP contribution in [0.5, 0.6) is 0 Å². The molecule has 3 atom stereocenters. The molecule has 1 aliphatic heterocycles. The van der Waals surface area contributed by atoms with Gasteiger partial charge in [0.1, 0.15) is 5.60 Å². The van der Waals surface area contributed by atoms with E-state index in [-0.39, 0.29) is 49.3 Å². The average molecular weight is 597 g/mol. The fourth-order valence-electron chi connectivity index (χ4n) is 5.72. The van der Waals surface area contributed by atoms with Gasteiger partial charge in [-0.15, -0.1) is 12.4 Å². The molecule has 41 heavy (non-hydrogen) atoms. The van der Waals surface area contributed by atoms with Gasteiger partial charge in [-0.25, -0.2) is 4.79 Å². The molecule has 0 aromatic heterocycles. The van der Waals surface area contributed by atoms with Crippen LogP contribution in [0.15, 0.2) is 24.3 Å². The van der Waals surface area contributed by atoms with Crippen LogP contribution in [-0.2, 0) is 25.5 Å². The average Bonchev–Trinajstić information content (AvgIpc) is 2.90. The summed E-state index contributed by atoms with van der Waals surface area (Å²) >= 11 is 0. The summed E-state index contributed by atoms with van der Waals surface area (Å²) in [6.07, 6.45) is 5.10. The van der Waals surface area contributed by atoms with Crippen LogP contribution in [0.1, 0.15) is 78.2 Å². The SMILES string of the molecule is COC(=O)NC1Cc2ccccc2N(C(=O)CC(C)(C)C[C@H](N)[C@@H](O)CNC(=O)C(C)(C)OC2CCCCC2)C1.Cl. The van der Waals surface area contributed by atoms with Crippen LogP contribution < -0.4 is 21.3 Å². The maximum absolute atomic E-state index is 13.5. The van der Waals surface area contributed by atoms with Gasteiger partial charge in [0.2, 0.25) is 5.91 Å². The highest BCUT2D eigenvalue weighted by Crippen LogP contribution is 2.33. The summed E-state index contributed by atoms with van der Waals surface area (Å²) in [4.78, 5) is 39.9. The third-order valence-corrected chi connectivity index (χ3v) is 7.90. The Labute approximate surface area is 250 Å². The van der Waals surface area contributed by atoms with Crippen molar-refractivity contribution < 1.29 is 29.0 Å². The number of hydrogen-bond acceptors (Lipinski definition) is 7. The predicted octanol–water partition coefficient (Wildman–Crippen LogP) is 3.46. The Bertz CT molecular complexity index is 1030. The molecule has 1 aromatic carbocycles. The number of benzene rings is 1. The number of carbonyl (C=O) groups excluding carboxylic acids is 3. The molecule has 0 saturated heterocycles. The maximum atomic E-state index is 13.5. The van der Waals surface area contributed by atoms with Crippen molar-refractivity contribution in [2.24, 2.45) is 11.1 Å². The van der Waals surface area contributed by atoms with Gasteiger partial charge in [0.15, 0.2) is 0 Å². The fourth-order valence-corrected chi connectivity index (χ4v) is 5.72. The van der Waals surface area contributed by atoms with Crippen molar-refractivity contribution in [2.45, 2.75) is 109 Å². The van der Waals surface area contributed by atoms with E-state index in [4.69, 9.17) is 15.2 Å². The molecular weight excluding hydrogens is 548 g/mol. The van der Waals surface area contributed by atoms with Gasteiger partial charge in [0, 0.05) is 31.2 Å². The molecule has 1 fully saturated rings. The van der Waals surface area contributed by atoms with E-state index >= 15 is 0 Å². The first-order valence-corrected chi connectivity index (χ1v) is 14.4. The molecule has 10 nitrogen and oxygen atoms in total. The Kier molecular flexibility index (Phi) is 12.9. The van der Waals surface area contributed by atoms with Crippen molar-refractivity contribution in [3.05, 3.63) is 29.8 Å². The number of methoxy groups -OCH3 is 1. The minimum Gasteiger partial charge on any atom is -0.453 e. The number of aliphatic hydroxyl groups excluding tert-OH is 1. The molecular formula is C30H49ClN4O6. The molecule has 11 heteroatoms. The van der Waals surface area contributed by atoms with Crippen LogP contribution in [0.3, 0.4) is 0 Å². The first-order valence-electron chi connectivity index (χ1n) is 14.4. The van der Waals surface area contributed by atoms with Crippen LogP contribution in [0.2, 0.25) is 0 Å². The largest absolute Gasteiger partial charge is 0.453 e. The highest BCUT2D eigenvalue weighted by molar-refractivity contribution is 5.95. The molecule has 0 bridgehead atoms. The number of nitrogens with zero attached hydrogens (tertiary/aromatic N) is 1. The number of halogens is 1. The summed E-state index contributed by atoms with van der Waals surface area (Å²) in [5.41, 5.74) is 6.63. The molecule has 232 valence electrons. The van der Waals surface area contributed by atoms with E-state index < -0.39 is 29.3 Å². The number of alkyl carbamates (subject to hydrolysis) is 1. The second kappa shape index (κ2) is 15.2. The topological polar surface area (TPSA) is 143 Å². The quantitative estimate of drug-likeness (QED) is 0.306. The van der Waals surface area contributed by atoms with Crippen LogP contribution in [-0.4, -0.2) is 73.1 Å². The normalized spacial score (nSPS) is 19.3. The Balaban J connectivity index is 0.00000588. The van der Waals surface area contributed by atoms with Crippen molar-refractivity contribution in [3.63, 3.8) is 0 Å². The number of amides is 3. The number of fused-ring (bicyclic) bond motifs is 1. The fraction of sp³-hybridized carbons (Fsp3) is 0.700. The Hall–Kier alpha value is -2.40. The highest BCUT2D eigenvalue weighted by atomic mass is 35.5. The molecule has 1 heterocycles. The number of anilines is 1. The third-order valence-electron chi connectivity index (χ3n) is 7.90. The Morgan fingerprint density at radius 1 is 1.12 bits per heavy atom. The number of nitrogens with one attached hydrogen (secondary N) is 2. The molecule has 1 aromatic rings. The van der Waals surface area contributed by atoms with E-state index in [9.17, 15) is 19.5 Å². The summed E-state index contributed by atoms with van der Waals surface area (Å²) < 4.78 is 10.8. The molecule has 0 radical (unpaired) electrons. The lowest BCUT2D eigenvalue weighted by Gasteiger charge is -2.37. The molecule has 1 saturated carbocycles. The zero-order valence-corrected chi connectivity index (χ0v) is 25.9. The molecule has 2 aliphatic rings. The lowest BCUT2D eigenvalue weighted by Crippen LogP contribution is -2.52. The van der Waals surface area contributed by atoms with Gasteiger partial charge < -0.3 is 35.8 Å². The number of para-hydroxylation sites is 1. The number of aliphatic hydroxyl groups is 1. The molecule has 1 unspecified atom stereocenters. The van der Waals surface area contributed by atoms with Gasteiger partial charge in [-0.3, -0.25) is 9.59 Å². The van der Waals surface area contributed by atoms with E-state index in [1.165, 1.54) is 13.5 Å². The molecule has 3 rings (SSSR count). The standard InChI is InChI=1S/C30H48N4O6.ClH/c1-29(2,16-23(31)25(35)18-32-27(37)30(3,4)40-22-12-7-6-8-13-22)17-26(36)34-19-21(33-28(38)39-5)15-20-11-9-10-14-24(20)34;/h9-11,14,21-23,25,35H,6-8,12-13,15-19,31H2,1-5H3,(H,32,37)(H,33,38);1H/t21?,23-,25-;/m0./s1. The van der Waals surface area contributed by atoms with Gasteiger partial charge in [-0.1, -0.05) is 51.3 Å². The number of rotatable bonds is 11. The summed E-state index contributed by atoms with van der Waals surface area (Å²) in [5, 5.41) is 16.3. The smallest absolute Gasteiger partial charge is 0.407 e. The van der Waals surface area contributed by atoms with Crippen LogP contribution in [0, 0.1) is 5.41 Å². The van der Waals surface area contributed by atoms with Crippen molar-refractivity contribution in [2.75, 3.05) is 25.1 Å². The van der Waals surface area contributed by atoms with Crippen LogP contribution >= 0.6 is 12.4 Å². The second-order valence-corrected chi connectivity index (χ2v) is 12.5. The maximum Gasteiger partial charge on any atom is 0.407 e. The van der Waals surface area contributed by atoms with E-state index in [0.29, 0.717) is 19.4 Å². The number of ether oxygens (including phenoxy) is 2. The first-order chi connectivity index (χ1) is 18.8. The lowest BCUT2D eigenvalue weighted by atomic mass is 9.80. The summed E-state index contributed by atoms with van der Waals surface area (Å²) in [5.74, 6) is -0.372. The number of hydrogen-bond donors (Lipinski definition) is 4. The van der Waals surface area contributed by atoms with Gasteiger partial charge in [-0.2, -0.15) is 0 Å². The van der Waals surface area contributed by atoms with E-state index in [2.05, 4.69) is 10.6 Å². The number of nitrogens with two attached hydrogens (primary N) is 1. The molecule has 3 amide bonds. The van der Waals surface area contributed by atoms with Crippen molar-refractivity contribution in [1.29, 1.82) is 0 Å². The van der Waals surface area contributed by atoms with Crippen molar-refractivity contribution in [3.8, 4) is 0 Å². The van der Waals surface area contributed by atoms with Gasteiger partial charge in [0.05, 0.1) is 25.4 Å². The van der Waals surface area contributed by atoms with Gasteiger partial charge in [0.25, 0.3) is 5.91 Å². The van der Waals surface area contributed by atoms with Crippen LogP contribution in [0.25, 0.3) is 0 Å². The minimum absolute atomic E-state index is 0. The second-order valence-electron chi connectivity index (χ2n) is 12.5. The Morgan fingerprint density at radius 2 is 1.78 bits per heavy atom. The van der Waals surface area contributed by atoms with E-state index in [1.54, 1.807) is 18.7 Å². The minimum atomic E-state index is -0.997. The molecule has 1 aliphatic carbocycles. The summed E-state index contributed by atoms with van der Waals surface area (Å²) in [6, 6.07) is 6.75. The molecule has 0 spiro atoms. The summed E-state index contributed by atoms with van der Waals surface area (Å²) in [7, 11) is 1.31. The first kappa shape index (κ1) is 34.8. The van der Waals surface area contributed by atoms with Crippen molar-refractivity contribution in [1.82, 2.24) is 10.6 Å². The molecule has 5 N–H and O–H groups in total. The zero-order chi connectivity index (χ0) is 29.5. The van der Waals surface area contributed by atoms with Crippen LogP contribution in [0.4, 0.5) is 10.5 Å². The van der Waals surface area contributed by atoms with E-state index in [1.807, 2.05) is 38.1 Å². The number of carbonyl (C=O) groups is 3. The zero-order valence-electron chi connectivity index (χ0n) is 25.1. The van der Waals surface area contributed by atoms with Gasteiger partial charge >= 0.3 is 6.09 Å². The third kappa shape index (κ3) is 10.1. The predicted molar refractivity (Wildman–Crippen MR) is 161 cm³/mol. The lowest BCUT2D eigenvalue weighted by molar-refractivity contribution is -0.152. The van der Waals surface area contributed by atoms with Gasteiger partial charge in [-0.05, 0) is 56.6 Å². The summed E-state index contributed by atoms with van der Waals surface area (Å²) in [6.45, 7) is 7.72. The monoisotopic (exact) mass is 596 g/mol. The van der Waals surface area contributed by atoms with Crippen molar-refractivity contribution >= 4 is 36.0 Å². The van der Waals surface area contributed by atoms with E-state index in [0.717, 1.165) is 36.9 Å². The highest BCUT2D eigenvalue weighted by Gasteiger charge is 2.36.